The SMILES string of the molecule is N#CCN1CCN(S(=O)(=O)c2ccc(C#N)s2)CC1. The maximum atomic E-state index is 12.3. The minimum Gasteiger partial charge on any atom is -0.288 e. The Morgan fingerprint density at radius 1 is 1.21 bits per heavy atom. The third-order valence-corrected chi connectivity index (χ3v) is 6.27. The molecule has 0 spiro atoms. The third-order valence-electron chi connectivity index (χ3n) is 2.91. The van der Waals surface area contributed by atoms with Crippen molar-refractivity contribution in [1.82, 2.24) is 9.21 Å². The Morgan fingerprint density at radius 3 is 2.42 bits per heavy atom. The number of hydrogen-bond acceptors (Lipinski definition) is 6. The fourth-order valence-electron chi connectivity index (χ4n) is 1.87. The number of sulfonamides is 1. The van der Waals surface area contributed by atoms with E-state index in [-0.39, 0.29) is 4.21 Å². The van der Waals surface area contributed by atoms with E-state index in [2.05, 4.69) is 6.07 Å². The molecule has 0 amide bonds. The lowest BCUT2D eigenvalue weighted by atomic mass is 10.4. The molecular formula is C11H12N4O2S2. The highest BCUT2D eigenvalue weighted by molar-refractivity contribution is 7.91. The van der Waals surface area contributed by atoms with E-state index < -0.39 is 10.0 Å². The highest BCUT2D eigenvalue weighted by Gasteiger charge is 2.29. The first-order valence-electron chi connectivity index (χ1n) is 5.67. The summed E-state index contributed by atoms with van der Waals surface area (Å²) >= 11 is 0.988. The quantitative estimate of drug-likeness (QED) is 0.756. The second-order valence-electron chi connectivity index (χ2n) is 4.07. The molecule has 2 rings (SSSR count). The van der Waals surface area contributed by atoms with Gasteiger partial charge in [-0.2, -0.15) is 14.8 Å². The van der Waals surface area contributed by atoms with Gasteiger partial charge in [0.05, 0.1) is 12.6 Å². The third kappa shape index (κ3) is 2.94. The van der Waals surface area contributed by atoms with Gasteiger partial charge in [0.25, 0.3) is 10.0 Å². The molecule has 8 heteroatoms. The van der Waals surface area contributed by atoms with Crippen LogP contribution >= 0.6 is 11.3 Å². The molecule has 6 nitrogen and oxygen atoms in total. The lowest BCUT2D eigenvalue weighted by molar-refractivity contribution is 0.206. The highest BCUT2D eigenvalue weighted by atomic mass is 32.2. The van der Waals surface area contributed by atoms with Gasteiger partial charge < -0.3 is 0 Å². The highest BCUT2D eigenvalue weighted by Crippen LogP contribution is 2.25. The maximum absolute atomic E-state index is 12.3. The van der Waals surface area contributed by atoms with E-state index in [0.29, 0.717) is 37.6 Å². The zero-order valence-corrected chi connectivity index (χ0v) is 11.7. The first-order chi connectivity index (χ1) is 9.07. The van der Waals surface area contributed by atoms with Gasteiger partial charge in [0.1, 0.15) is 15.2 Å². The van der Waals surface area contributed by atoms with Gasteiger partial charge in [-0.15, -0.1) is 11.3 Å². The zero-order valence-electron chi connectivity index (χ0n) is 10.1. The average molecular weight is 296 g/mol. The minimum atomic E-state index is -3.50. The Hall–Kier alpha value is -1.45. The fourth-order valence-corrected chi connectivity index (χ4v) is 4.55. The second kappa shape index (κ2) is 5.68. The molecule has 2 heterocycles. The van der Waals surface area contributed by atoms with E-state index in [4.69, 9.17) is 10.5 Å². The van der Waals surface area contributed by atoms with E-state index in [0.717, 1.165) is 11.3 Å². The molecular weight excluding hydrogens is 284 g/mol. The van der Waals surface area contributed by atoms with Crippen LogP contribution in [0.15, 0.2) is 16.3 Å². The van der Waals surface area contributed by atoms with Crippen LogP contribution in [0, 0.1) is 22.7 Å². The van der Waals surface area contributed by atoms with Crippen molar-refractivity contribution in [3.8, 4) is 12.1 Å². The summed E-state index contributed by atoms with van der Waals surface area (Å²) in [4.78, 5) is 2.31. The summed E-state index contributed by atoms with van der Waals surface area (Å²) in [6.07, 6.45) is 0. The molecule has 0 N–H and O–H groups in total. The Balaban J connectivity index is 2.10. The second-order valence-corrected chi connectivity index (χ2v) is 7.32. The molecule has 1 fully saturated rings. The van der Waals surface area contributed by atoms with Gasteiger partial charge in [0.2, 0.25) is 0 Å². The minimum absolute atomic E-state index is 0.206. The molecule has 0 aliphatic carbocycles. The Morgan fingerprint density at radius 2 is 1.89 bits per heavy atom. The fraction of sp³-hybridized carbons (Fsp3) is 0.455. The van der Waals surface area contributed by atoms with Crippen LogP contribution in [-0.2, 0) is 10.0 Å². The van der Waals surface area contributed by atoms with Gasteiger partial charge in [-0.25, -0.2) is 8.42 Å². The predicted octanol–water partition coefficient (Wildman–Crippen LogP) is 0.450. The van der Waals surface area contributed by atoms with Crippen molar-refractivity contribution in [2.45, 2.75) is 4.21 Å². The van der Waals surface area contributed by atoms with E-state index in [1.165, 1.54) is 16.4 Å². The summed E-state index contributed by atoms with van der Waals surface area (Å²) in [5.74, 6) is 0. The van der Waals surface area contributed by atoms with E-state index in [1.807, 2.05) is 11.0 Å². The first kappa shape index (κ1) is 14.0. The predicted molar refractivity (Wildman–Crippen MR) is 69.8 cm³/mol. The van der Waals surface area contributed by atoms with Crippen LogP contribution in [0.3, 0.4) is 0 Å². The van der Waals surface area contributed by atoms with Gasteiger partial charge in [0.15, 0.2) is 0 Å². The van der Waals surface area contributed by atoms with Crippen LogP contribution < -0.4 is 0 Å². The van der Waals surface area contributed by atoms with Crippen LogP contribution in [-0.4, -0.2) is 50.3 Å². The summed E-state index contributed by atoms with van der Waals surface area (Å²) < 4.78 is 26.3. The van der Waals surface area contributed by atoms with Crippen molar-refractivity contribution in [1.29, 1.82) is 10.5 Å². The molecule has 1 aliphatic rings. The van der Waals surface area contributed by atoms with Gasteiger partial charge in [-0.3, -0.25) is 4.90 Å². The zero-order chi connectivity index (χ0) is 13.9. The number of nitriles is 2. The molecule has 1 aliphatic heterocycles. The summed E-state index contributed by atoms with van der Waals surface area (Å²) in [6.45, 7) is 2.20. The Labute approximate surface area is 116 Å². The van der Waals surface area contributed by atoms with Crippen LogP contribution in [0.2, 0.25) is 0 Å². The van der Waals surface area contributed by atoms with Crippen LogP contribution in [0.1, 0.15) is 4.88 Å². The molecule has 1 aromatic heterocycles. The maximum Gasteiger partial charge on any atom is 0.252 e. The van der Waals surface area contributed by atoms with Crippen LogP contribution in [0.5, 0.6) is 0 Å². The van der Waals surface area contributed by atoms with Crippen molar-refractivity contribution in [3.63, 3.8) is 0 Å². The van der Waals surface area contributed by atoms with Crippen molar-refractivity contribution < 1.29 is 8.42 Å². The van der Waals surface area contributed by atoms with E-state index in [1.54, 1.807) is 0 Å². The topological polar surface area (TPSA) is 88.2 Å². The van der Waals surface area contributed by atoms with Crippen LogP contribution in [0.25, 0.3) is 0 Å². The normalized spacial score (nSPS) is 17.8. The Bertz CT molecular complexity index is 630. The van der Waals surface area contributed by atoms with E-state index in [9.17, 15) is 8.42 Å². The molecule has 0 bridgehead atoms. The molecule has 1 saturated heterocycles. The molecule has 0 radical (unpaired) electrons. The van der Waals surface area contributed by atoms with Crippen molar-refractivity contribution >= 4 is 21.4 Å². The van der Waals surface area contributed by atoms with Crippen molar-refractivity contribution in [2.75, 3.05) is 32.7 Å². The lowest BCUT2D eigenvalue weighted by Gasteiger charge is -2.32. The molecule has 0 saturated carbocycles. The Kier molecular flexibility index (Phi) is 4.17. The molecule has 19 heavy (non-hydrogen) atoms. The number of hydrogen-bond donors (Lipinski definition) is 0. The summed E-state index contributed by atoms with van der Waals surface area (Å²) in [7, 11) is -3.50. The summed E-state index contributed by atoms with van der Waals surface area (Å²) in [6, 6.07) is 6.98. The van der Waals surface area contributed by atoms with Gasteiger partial charge in [-0.1, -0.05) is 0 Å². The number of thiophene rings is 1. The molecule has 0 atom stereocenters. The monoisotopic (exact) mass is 296 g/mol. The van der Waals surface area contributed by atoms with E-state index >= 15 is 0 Å². The number of rotatable bonds is 3. The number of nitrogens with zero attached hydrogens (tertiary/aromatic N) is 4. The smallest absolute Gasteiger partial charge is 0.252 e. The van der Waals surface area contributed by atoms with Crippen molar-refractivity contribution in [3.05, 3.63) is 17.0 Å². The molecule has 0 unspecified atom stereocenters. The largest absolute Gasteiger partial charge is 0.288 e. The standard InChI is InChI=1S/C11H12N4O2S2/c12-3-4-14-5-7-15(8-6-14)19(16,17)11-2-1-10(9-13)18-11/h1-2H,4-8H2. The first-order valence-corrected chi connectivity index (χ1v) is 7.93. The lowest BCUT2D eigenvalue weighted by Crippen LogP contribution is -2.48. The van der Waals surface area contributed by atoms with Gasteiger partial charge >= 0.3 is 0 Å². The van der Waals surface area contributed by atoms with Crippen molar-refractivity contribution in [2.24, 2.45) is 0 Å². The number of piperazine rings is 1. The van der Waals surface area contributed by atoms with Gasteiger partial charge in [-0.05, 0) is 12.1 Å². The molecule has 1 aromatic rings. The molecule has 0 aromatic carbocycles. The van der Waals surface area contributed by atoms with Crippen LogP contribution in [0.4, 0.5) is 0 Å². The average Bonchev–Trinajstić information content (AvgIpc) is 2.89. The van der Waals surface area contributed by atoms with Gasteiger partial charge in [0, 0.05) is 26.2 Å². The summed E-state index contributed by atoms with van der Waals surface area (Å²) in [5.41, 5.74) is 0. The summed E-state index contributed by atoms with van der Waals surface area (Å²) in [5, 5.41) is 17.3. The molecule has 100 valence electrons.